The van der Waals surface area contributed by atoms with Crippen LogP contribution in [0, 0.1) is 0 Å². The van der Waals surface area contributed by atoms with E-state index in [4.69, 9.17) is 0 Å². The van der Waals surface area contributed by atoms with E-state index in [-0.39, 0.29) is 0 Å². The Kier molecular flexibility index (Phi) is 5.13. The average Bonchev–Trinajstić information content (AvgIpc) is 2.48. The monoisotopic (exact) mass is 269 g/mol. The van der Waals surface area contributed by atoms with E-state index in [0.29, 0.717) is 6.04 Å². The second kappa shape index (κ2) is 7.06. The fourth-order valence-electron chi connectivity index (χ4n) is 2.41. The molecule has 106 valence electrons. The lowest BCUT2D eigenvalue weighted by Gasteiger charge is -2.24. The Hall–Kier alpha value is -1.87. The van der Waals surface area contributed by atoms with Crippen LogP contribution in [0.5, 0.6) is 0 Å². The smallest absolute Gasteiger partial charge is 0.133 e. The standard InChI is InChI=1S/C17H23N3/c1-4-18-14(2)16-11-8-12-19-17(16)20(3)13-15-9-6-5-7-10-15/h5-12,14,18H,4,13H2,1-3H3. The number of nitrogens with zero attached hydrogens (tertiary/aromatic N) is 2. The lowest BCUT2D eigenvalue weighted by atomic mass is 10.1. The van der Waals surface area contributed by atoms with Gasteiger partial charge in [-0.25, -0.2) is 4.98 Å². The predicted molar refractivity (Wildman–Crippen MR) is 84.9 cm³/mol. The summed E-state index contributed by atoms with van der Waals surface area (Å²) in [6.45, 7) is 6.13. The number of hydrogen-bond acceptors (Lipinski definition) is 3. The molecule has 1 unspecified atom stereocenters. The normalized spacial score (nSPS) is 12.2. The van der Waals surface area contributed by atoms with Crippen molar-refractivity contribution in [2.45, 2.75) is 26.4 Å². The molecule has 0 radical (unpaired) electrons. The summed E-state index contributed by atoms with van der Waals surface area (Å²) in [5.74, 6) is 1.05. The van der Waals surface area contributed by atoms with Gasteiger partial charge in [0.1, 0.15) is 5.82 Å². The minimum Gasteiger partial charge on any atom is -0.355 e. The first-order chi connectivity index (χ1) is 9.72. The van der Waals surface area contributed by atoms with Crippen molar-refractivity contribution in [3.63, 3.8) is 0 Å². The van der Waals surface area contributed by atoms with Crippen molar-refractivity contribution >= 4 is 5.82 Å². The zero-order chi connectivity index (χ0) is 14.4. The molecule has 1 N–H and O–H groups in total. The molecule has 0 bridgehead atoms. The summed E-state index contributed by atoms with van der Waals surface area (Å²) < 4.78 is 0. The Balaban J connectivity index is 2.19. The van der Waals surface area contributed by atoms with Crippen LogP contribution in [-0.2, 0) is 6.54 Å². The minimum absolute atomic E-state index is 0.307. The summed E-state index contributed by atoms with van der Waals surface area (Å²) in [4.78, 5) is 6.77. The summed E-state index contributed by atoms with van der Waals surface area (Å²) >= 11 is 0. The zero-order valence-electron chi connectivity index (χ0n) is 12.5. The molecule has 0 aliphatic rings. The molecule has 2 aromatic rings. The average molecular weight is 269 g/mol. The largest absolute Gasteiger partial charge is 0.355 e. The van der Waals surface area contributed by atoms with Gasteiger partial charge in [-0.05, 0) is 25.1 Å². The fraction of sp³-hybridized carbons (Fsp3) is 0.353. The van der Waals surface area contributed by atoms with E-state index in [2.05, 4.69) is 66.4 Å². The van der Waals surface area contributed by atoms with Crippen molar-refractivity contribution in [2.75, 3.05) is 18.5 Å². The lowest BCUT2D eigenvalue weighted by Crippen LogP contribution is -2.24. The number of nitrogens with one attached hydrogen (secondary N) is 1. The number of pyridine rings is 1. The Morgan fingerprint density at radius 3 is 2.60 bits per heavy atom. The molecular formula is C17H23N3. The molecule has 0 saturated carbocycles. The van der Waals surface area contributed by atoms with Gasteiger partial charge < -0.3 is 10.2 Å². The maximum Gasteiger partial charge on any atom is 0.133 e. The van der Waals surface area contributed by atoms with Gasteiger partial charge in [0.25, 0.3) is 0 Å². The summed E-state index contributed by atoms with van der Waals surface area (Å²) in [5, 5.41) is 3.45. The molecule has 0 saturated heterocycles. The SMILES string of the molecule is CCNC(C)c1cccnc1N(C)Cc1ccccc1. The summed E-state index contributed by atoms with van der Waals surface area (Å²) in [5.41, 5.74) is 2.54. The van der Waals surface area contributed by atoms with Gasteiger partial charge in [0.15, 0.2) is 0 Å². The van der Waals surface area contributed by atoms with Crippen LogP contribution in [0.25, 0.3) is 0 Å². The van der Waals surface area contributed by atoms with Crippen molar-refractivity contribution < 1.29 is 0 Å². The van der Waals surface area contributed by atoms with Crippen molar-refractivity contribution in [1.29, 1.82) is 0 Å². The van der Waals surface area contributed by atoms with E-state index in [1.165, 1.54) is 11.1 Å². The summed E-state index contributed by atoms with van der Waals surface area (Å²) in [7, 11) is 2.09. The van der Waals surface area contributed by atoms with E-state index < -0.39 is 0 Å². The first-order valence-electron chi connectivity index (χ1n) is 7.15. The number of benzene rings is 1. The Morgan fingerprint density at radius 1 is 1.15 bits per heavy atom. The maximum atomic E-state index is 4.56. The Labute approximate surface area is 121 Å². The molecule has 0 aliphatic heterocycles. The highest BCUT2D eigenvalue weighted by molar-refractivity contribution is 5.48. The van der Waals surface area contributed by atoms with E-state index in [1.54, 1.807) is 0 Å². The van der Waals surface area contributed by atoms with Gasteiger partial charge in [0.2, 0.25) is 0 Å². The van der Waals surface area contributed by atoms with Gasteiger partial charge in [-0.1, -0.05) is 43.3 Å². The molecule has 0 fully saturated rings. The Bertz CT molecular complexity index is 525. The van der Waals surface area contributed by atoms with Crippen LogP contribution in [0.4, 0.5) is 5.82 Å². The fourth-order valence-corrected chi connectivity index (χ4v) is 2.41. The van der Waals surface area contributed by atoms with Crippen LogP contribution in [-0.4, -0.2) is 18.6 Å². The lowest BCUT2D eigenvalue weighted by molar-refractivity contribution is 0.594. The molecule has 1 heterocycles. The Morgan fingerprint density at radius 2 is 1.90 bits per heavy atom. The molecule has 3 nitrogen and oxygen atoms in total. The zero-order valence-corrected chi connectivity index (χ0v) is 12.5. The second-order valence-corrected chi connectivity index (χ2v) is 5.04. The van der Waals surface area contributed by atoms with E-state index >= 15 is 0 Å². The van der Waals surface area contributed by atoms with Gasteiger partial charge in [0, 0.05) is 31.4 Å². The van der Waals surface area contributed by atoms with Crippen molar-refractivity contribution in [3.05, 3.63) is 59.8 Å². The number of aromatic nitrogens is 1. The van der Waals surface area contributed by atoms with Crippen LogP contribution in [0.3, 0.4) is 0 Å². The van der Waals surface area contributed by atoms with Crippen LogP contribution >= 0.6 is 0 Å². The molecule has 1 aromatic heterocycles. The summed E-state index contributed by atoms with van der Waals surface area (Å²) in [6.07, 6.45) is 1.86. The first-order valence-corrected chi connectivity index (χ1v) is 7.15. The molecule has 0 spiro atoms. The molecule has 3 heteroatoms. The van der Waals surface area contributed by atoms with Gasteiger partial charge in [-0.3, -0.25) is 0 Å². The van der Waals surface area contributed by atoms with E-state index in [9.17, 15) is 0 Å². The predicted octanol–water partition coefficient (Wildman–Crippen LogP) is 3.39. The first kappa shape index (κ1) is 14.5. The molecule has 0 amide bonds. The maximum absolute atomic E-state index is 4.56. The van der Waals surface area contributed by atoms with Crippen LogP contribution < -0.4 is 10.2 Å². The van der Waals surface area contributed by atoms with Crippen LogP contribution in [0.2, 0.25) is 0 Å². The van der Waals surface area contributed by atoms with Gasteiger partial charge in [0.05, 0.1) is 0 Å². The molecular weight excluding hydrogens is 246 g/mol. The third kappa shape index (κ3) is 3.58. The quantitative estimate of drug-likeness (QED) is 0.871. The highest BCUT2D eigenvalue weighted by atomic mass is 15.2. The number of anilines is 1. The van der Waals surface area contributed by atoms with Gasteiger partial charge in [-0.15, -0.1) is 0 Å². The van der Waals surface area contributed by atoms with E-state index in [0.717, 1.165) is 18.9 Å². The number of rotatable bonds is 6. The second-order valence-electron chi connectivity index (χ2n) is 5.04. The van der Waals surface area contributed by atoms with Crippen molar-refractivity contribution in [1.82, 2.24) is 10.3 Å². The van der Waals surface area contributed by atoms with Crippen molar-refractivity contribution in [3.8, 4) is 0 Å². The highest BCUT2D eigenvalue weighted by Crippen LogP contribution is 2.24. The molecule has 1 aromatic carbocycles. The molecule has 2 rings (SSSR count). The number of hydrogen-bond donors (Lipinski definition) is 1. The molecule has 20 heavy (non-hydrogen) atoms. The minimum atomic E-state index is 0.307. The van der Waals surface area contributed by atoms with Crippen LogP contribution in [0.15, 0.2) is 48.7 Å². The topological polar surface area (TPSA) is 28.2 Å². The van der Waals surface area contributed by atoms with Crippen molar-refractivity contribution in [2.24, 2.45) is 0 Å². The molecule has 0 aliphatic carbocycles. The third-order valence-corrected chi connectivity index (χ3v) is 3.42. The van der Waals surface area contributed by atoms with E-state index in [1.807, 2.05) is 18.3 Å². The third-order valence-electron chi connectivity index (χ3n) is 3.42. The summed E-state index contributed by atoms with van der Waals surface area (Å²) in [6, 6.07) is 14.9. The van der Waals surface area contributed by atoms with Crippen LogP contribution in [0.1, 0.15) is 31.0 Å². The van der Waals surface area contributed by atoms with Gasteiger partial charge in [-0.2, -0.15) is 0 Å². The highest BCUT2D eigenvalue weighted by Gasteiger charge is 2.13. The van der Waals surface area contributed by atoms with Gasteiger partial charge >= 0.3 is 0 Å². The molecule has 1 atom stereocenters.